The Morgan fingerprint density at radius 3 is 2.76 bits per heavy atom. The van der Waals surface area contributed by atoms with Gasteiger partial charge in [0, 0.05) is 12.1 Å². The molecule has 0 aliphatic heterocycles. The fraction of sp³-hybridized carbons (Fsp3) is 0.867. The topological polar surface area (TPSA) is 38.0 Å². The molecule has 17 heavy (non-hydrogen) atoms. The molecular formula is C15H28N2. The van der Waals surface area contributed by atoms with Gasteiger partial charge in [-0.2, -0.15) is 0 Å². The zero-order valence-corrected chi connectivity index (χ0v) is 11.6. The molecule has 0 saturated heterocycles. The molecule has 0 aromatic rings. The molecule has 0 heterocycles. The van der Waals surface area contributed by atoms with E-state index in [4.69, 9.17) is 12.2 Å². The molecule has 98 valence electrons. The Morgan fingerprint density at radius 1 is 1.53 bits per heavy atom. The van der Waals surface area contributed by atoms with Crippen LogP contribution in [0.25, 0.3) is 0 Å². The van der Waals surface area contributed by atoms with Crippen LogP contribution in [0, 0.1) is 24.2 Å². The smallest absolute Gasteiger partial charge is 0.0691 e. The van der Waals surface area contributed by atoms with Gasteiger partial charge < -0.3 is 5.73 Å². The molecule has 0 amide bonds. The fourth-order valence-electron chi connectivity index (χ4n) is 3.15. The maximum atomic E-state index is 6.06. The van der Waals surface area contributed by atoms with Crippen LogP contribution in [0.1, 0.15) is 52.9 Å². The van der Waals surface area contributed by atoms with Gasteiger partial charge in [-0.05, 0) is 24.7 Å². The van der Waals surface area contributed by atoms with Crippen LogP contribution in [-0.4, -0.2) is 18.1 Å². The van der Waals surface area contributed by atoms with Crippen molar-refractivity contribution < 1.29 is 0 Å². The van der Waals surface area contributed by atoms with Gasteiger partial charge in [-0.15, -0.1) is 6.42 Å². The van der Waals surface area contributed by atoms with Crippen molar-refractivity contribution in [3.05, 3.63) is 0 Å². The summed E-state index contributed by atoms with van der Waals surface area (Å²) in [5.74, 6) is 4.22. The third kappa shape index (κ3) is 3.24. The van der Waals surface area contributed by atoms with Gasteiger partial charge in [-0.1, -0.05) is 46.0 Å². The van der Waals surface area contributed by atoms with E-state index in [1.54, 1.807) is 0 Å². The van der Waals surface area contributed by atoms with Crippen LogP contribution in [0.15, 0.2) is 0 Å². The second kappa shape index (κ2) is 6.42. The standard InChI is InChI=1S/C15H28N2/c1-5-8-14(6-2)17-15(11-16)10-7-9-12(3)13(15)4/h2,12-14,17H,5,7-11,16H2,1,3-4H3. The van der Waals surface area contributed by atoms with Crippen LogP contribution in [0.3, 0.4) is 0 Å². The minimum atomic E-state index is 0.0594. The summed E-state index contributed by atoms with van der Waals surface area (Å²) in [7, 11) is 0. The van der Waals surface area contributed by atoms with Crippen molar-refractivity contribution in [1.82, 2.24) is 5.32 Å². The van der Waals surface area contributed by atoms with Crippen molar-refractivity contribution >= 4 is 0 Å². The number of terminal acetylenes is 1. The van der Waals surface area contributed by atoms with E-state index in [0.717, 1.165) is 25.2 Å². The van der Waals surface area contributed by atoms with E-state index < -0.39 is 0 Å². The van der Waals surface area contributed by atoms with E-state index in [1.165, 1.54) is 12.8 Å². The molecule has 1 rings (SSSR count). The number of rotatable bonds is 5. The third-order valence-electron chi connectivity index (χ3n) is 4.61. The highest BCUT2D eigenvalue weighted by Crippen LogP contribution is 2.37. The quantitative estimate of drug-likeness (QED) is 0.720. The summed E-state index contributed by atoms with van der Waals surface area (Å²) in [5, 5.41) is 3.69. The number of nitrogens with two attached hydrogens (primary N) is 1. The van der Waals surface area contributed by atoms with Gasteiger partial charge >= 0.3 is 0 Å². The monoisotopic (exact) mass is 236 g/mol. The van der Waals surface area contributed by atoms with Crippen LogP contribution < -0.4 is 11.1 Å². The summed E-state index contributed by atoms with van der Waals surface area (Å²) < 4.78 is 0. The molecule has 2 heteroatoms. The molecular weight excluding hydrogens is 208 g/mol. The number of hydrogen-bond donors (Lipinski definition) is 2. The highest BCUT2D eigenvalue weighted by Gasteiger charge is 2.41. The Labute approximate surface area is 107 Å². The van der Waals surface area contributed by atoms with E-state index in [-0.39, 0.29) is 11.6 Å². The first-order valence-electron chi connectivity index (χ1n) is 7.03. The zero-order chi connectivity index (χ0) is 12.9. The molecule has 0 radical (unpaired) electrons. The largest absolute Gasteiger partial charge is 0.329 e. The van der Waals surface area contributed by atoms with Crippen LogP contribution in [-0.2, 0) is 0 Å². The SMILES string of the molecule is C#CC(CCC)NC1(CN)CCCC(C)C1C. The predicted octanol–water partition coefficient (Wildman–Crippen LogP) is 2.53. The Hall–Kier alpha value is -0.520. The summed E-state index contributed by atoms with van der Waals surface area (Å²) in [6, 6.07) is 0.177. The molecule has 1 aliphatic rings. The highest BCUT2D eigenvalue weighted by atomic mass is 15.0. The number of hydrogen-bond acceptors (Lipinski definition) is 2. The van der Waals surface area contributed by atoms with E-state index >= 15 is 0 Å². The van der Waals surface area contributed by atoms with Gasteiger partial charge in [-0.3, -0.25) is 5.32 Å². The Morgan fingerprint density at radius 2 is 2.24 bits per heavy atom. The second-order valence-electron chi connectivity index (χ2n) is 5.67. The van der Waals surface area contributed by atoms with Gasteiger partial charge in [0.2, 0.25) is 0 Å². The summed E-state index contributed by atoms with van der Waals surface area (Å²) in [6.45, 7) is 7.53. The van der Waals surface area contributed by atoms with E-state index in [1.807, 2.05) is 0 Å². The van der Waals surface area contributed by atoms with Gasteiger partial charge in [0.15, 0.2) is 0 Å². The minimum absolute atomic E-state index is 0.0594. The molecule has 0 bridgehead atoms. The van der Waals surface area contributed by atoms with E-state index in [9.17, 15) is 0 Å². The molecule has 3 N–H and O–H groups in total. The van der Waals surface area contributed by atoms with Crippen LogP contribution in [0.5, 0.6) is 0 Å². The average molecular weight is 236 g/mol. The summed E-state index contributed by atoms with van der Waals surface area (Å²) in [6.07, 6.45) is 11.5. The molecule has 0 aromatic heterocycles. The Balaban J connectivity index is 2.76. The molecule has 1 aliphatic carbocycles. The van der Waals surface area contributed by atoms with E-state index in [0.29, 0.717) is 12.5 Å². The molecule has 1 saturated carbocycles. The summed E-state index contributed by atoms with van der Waals surface area (Å²) in [4.78, 5) is 0. The molecule has 1 fully saturated rings. The van der Waals surface area contributed by atoms with Crippen LogP contribution >= 0.6 is 0 Å². The first-order valence-corrected chi connectivity index (χ1v) is 7.03. The third-order valence-corrected chi connectivity index (χ3v) is 4.61. The Kier molecular flexibility index (Phi) is 5.49. The lowest BCUT2D eigenvalue weighted by Crippen LogP contribution is -2.61. The maximum Gasteiger partial charge on any atom is 0.0691 e. The van der Waals surface area contributed by atoms with Gasteiger partial charge in [0.05, 0.1) is 6.04 Å². The van der Waals surface area contributed by atoms with Crippen LogP contribution in [0.2, 0.25) is 0 Å². The lowest BCUT2D eigenvalue weighted by atomic mass is 9.68. The normalized spacial score (nSPS) is 35.2. The second-order valence-corrected chi connectivity index (χ2v) is 5.67. The molecule has 4 atom stereocenters. The molecule has 2 nitrogen and oxygen atoms in total. The summed E-state index contributed by atoms with van der Waals surface area (Å²) >= 11 is 0. The van der Waals surface area contributed by atoms with Crippen molar-refractivity contribution in [3.63, 3.8) is 0 Å². The minimum Gasteiger partial charge on any atom is -0.329 e. The predicted molar refractivity (Wildman–Crippen MR) is 74.6 cm³/mol. The van der Waals surface area contributed by atoms with Gasteiger partial charge in [0.25, 0.3) is 0 Å². The molecule has 4 unspecified atom stereocenters. The van der Waals surface area contributed by atoms with Crippen LogP contribution in [0.4, 0.5) is 0 Å². The lowest BCUT2D eigenvalue weighted by molar-refractivity contribution is 0.104. The lowest BCUT2D eigenvalue weighted by Gasteiger charge is -2.47. The first kappa shape index (κ1) is 14.5. The van der Waals surface area contributed by atoms with Crippen molar-refractivity contribution in [2.45, 2.75) is 64.5 Å². The zero-order valence-electron chi connectivity index (χ0n) is 11.6. The molecule has 0 aromatic carbocycles. The maximum absolute atomic E-state index is 6.06. The molecule has 0 spiro atoms. The average Bonchev–Trinajstić information content (AvgIpc) is 2.34. The van der Waals surface area contributed by atoms with Crippen molar-refractivity contribution in [1.29, 1.82) is 0 Å². The van der Waals surface area contributed by atoms with Crippen molar-refractivity contribution in [2.75, 3.05) is 6.54 Å². The Bertz CT molecular complexity index is 269. The van der Waals surface area contributed by atoms with Gasteiger partial charge in [-0.25, -0.2) is 0 Å². The number of nitrogens with one attached hydrogen (secondary N) is 1. The highest BCUT2D eigenvalue weighted by molar-refractivity contribution is 5.07. The van der Waals surface area contributed by atoms with E-state index in [2.05, 4.69) is 32.0 Å². The summed E-state index contributed by atoms with van der Waals surface area (Å²) in [5.41, 5.74) is 6.12. The van der Waals surface area contributed by atoms with Crippen molar-refractivity contribution in [2.24, 2.45) is 17.6 Å². The van der Waals surface area contributed by atoms with Crippen molar-refractivity contribution in [3.8, 4) is 12.3 Å². The first-order chi connectivity index (χ1) is 8.09. The van der Waals surface area contributed by atoms with Gasteiger partial charge in [0.1, 0.15) is 0 Å². The fourth-order valence-corrected chi connectivity index (χ4v) is 3.15.